The van der Waals surface area contributed by atoms with E-state index in [1.165, 1.54) is 32.8 Å². The maximum absolute atomic E-state index is 11.6. The van der Waals surface area contributed by atoms with Gasteiger partial charge in [0.15, 0.2) is 10.8 Å². The fourth-order valence-corrected chi connectivity index (χ4v) is 2.93. The Morgan fingerprint density at radius 3 is 2.83 bits per heavy atom. The van der Waals surface area contributed by atoms with Crippen molar-refractivity contribution in [2.24, 2.45) is 0 Å². The van der Waals surface area contributed by atoms with Crippen LogP contribution in [0.1, 0.15) is 48.0 Å². The second-order valence-corrected chi connectivity index (χ2v) is 5.85. The maximum Gasteiger partial charge on any atom is 0.357 e. The van der Waals surface area contributed by atoms with E-state index >= 15 is 0 Å². The van der Waals surface area contributed by atoms with Crippen molar-refractivity contribution in [1.82, 2.24) is 4.98 Å². The quantitative estimate of drug-likeness (QED) is 0.744. The van der Waals surface area contributed by atoms with Gasteiger partial charge in [0, 0.05) is 17.5 Å². The number of anilines is 1. The maximum atomic E-state index is 11.6. The van der Waals surface area contributed by atoms with Crippen LogP contribution >= 0.6 is 11.3 Å². The SMILES string of the molecule is CCCCN(c1nc(C(=O)OC)c(C)s1)C1CC1. The summed E-state index contributed by atoms with van der Waals surface area (Å²) in [6.07, 6.45) is 4.84. The molecule has 5 heteroatoms. The van der Waals surface area contributed by atoms with E-state index in [2.05, 4.69) is 16.8 Å². The molecule has 4 nitrogen and oxygen atoms in total. The van der Waals surface area contributed by atoms with E-state index in [1.807, 2.05) is 6.92 Å². The molecule has 0 bridgehead atoms. The van der Waals surface area contributed by atoms with Crippen LogP contribution in [-0.4, -0.2) is 30.6 Å². The fourth-order valence-electron chi connectivity index (χ4n) is 1.94. The van der Waals surface area contributed by atoms with Crippen molar-refractivity contribution < 1.29 is 9.53 Å². The highest BCUT2D eigenvalue weighted by Gasteiger charge is 2.31. The molecule has 0 aliphatic heterocycles. The minimum Gasteiger partial charge on any atom is -0.464 e. The first kappa shape index (κ1) is 13.3. The van der Waals surface area contributed by atoms with Crippen LogP contribution in [0.15, 0.2) is 0 Å². The lowest BCUT2D eigenvalue weighted by atomic mass is 10.3. The van der Waals surface area contributed by atoms with Crippen LogP contribution in [0.3, 0.4) is 0 Å². The predicted octanol–water partition coefficient (Wildman–Crippen LogP) is 3.01. The lowest BCUT2D eigenvalue weighted by molar-refractivity contribution is 0.0594. The number of rotatable bonds is 6. The minimum atomic E-state index is -0.332. The van der Waals surface area contributed by atoms with Gasteiger partial charge in [0.25, 0.3) is 0 Å². The predicted molar refractivity (Wildman–Crippen MR) is 73.5 cm³/mol. The normalized spacial score (nSPS) is 14.6. The molecule has 100 valence electrons. The molecule has 0 amide bonds. The van der Waals surface area contributed by atoms with Gasteiger partial charge in [0.2, 0.25) is 0 Å². The lowest BCUT2D eigenvalue weighted by Crippen LogP contribution is -2.26. The molecule has 0 saturated heterocycles. The zero-order valence-corrected chi connectivity index (χ0v) is 12.0. The number of thiazole rings is 1. The average molecular weight is 268 g/mol. The number of carbonyl (C=O) groups excluding carboxylic acids is 1. The molecule has 1 heterocycles. The van der Waals surface area contributed by atoms with Crippen LogP contribution in [0.4, 0.5) is 5.13 Å². The number of carbonyl (C=O) groups is 1. The summed E-state index contributed by atoms with van der Waals surface area (Å²) in [6, 6.07) is 0.632. The second kappa shape index (κ2) is 5.69. The van der Waals surface area contributed by atoms with E-state index in [-0.39, 0.29) is 5.97 Å². The van der Waals surface area contributed by atoms with Gasteiger partial charge in [-0.15, -0.1) is 11.3 Å². The minimum absolute atomic E-state index is 0.332. The molecule has 2 rings (SSSR count). The highest BCUT2D eigenvalue weighted by molar-refractivity contribution is 7.15. The van der Waals surface area contributed by atoms with Crippen LogP contribution in [0.2, 0.25) is 0 Å². The number of aromatic nitrogens is 1. The van der Waals surface area contributed by atoms with E-state index in [9.17, 15) is 4.79 Å². The highest BCUT2D eigenvalue weighted by Crippen LogP contribution is 2.35. The summed E-state index contributed by atoms with van der Waals surface area (Å²) in [7, 11) is 1.40. The number of methoxy groups -OCH3 is 1. The highest BCUT2D eigenvalue weighted by atomic mass is 32.1. The molecule has 1 saturated carbocycles. The number of ether oxygens (including phenoxy) is 1. The molecule has 0 N–H and O–H groups in total. The zero-order chi connectivity index (χ0) is 13.1. The molecule has 18 heavy (non-hydrogen) atoms. The van der Waals surface area contributed by atoms with Gasteiger partial charge in [-0.2, -0.15) is 0 Å². The lowest BCUT2D eigenvalue weighted by Gasteiger charge is -2.20. The first-order valence-electron chi connectivity index (χ1n) is 6.49. The van der Waals surface area contributed by atoms with Crippen LogP contribution in [0.25, 0.3) is 0 Å². The summed E-state index contributed by atoms with van der Waals surface area (Å²) in [5.74, 6) is -0.332. The van der Waals surface area contributed by atoms with E-state index in [0.29, 0.717) is 11.7 Å². The molecule has 0 radical (unpaired) electrons. The number of esters is 1. The van der Waals surface area contributed by atoms with Crippen molar-refractivity contribution in [3.8, 4) is 0 Å². The Hall–Kier alpha value is -1.10. The molecule has 0 atom stereocenters. The first-order chi connectivity index (χ1) is 8.67. The van der Waals surface area contributed by atoms with Gasteiger partial charge in [-0.05, 0) is 26.2 Å². The van der Waals surface area contributed by atoms with Gasteiger partial charge >= 0.3 is 5.97 Å². The third-order valence-corrected chi connectivity index (χ3v) is 4.16. The van der Waals surface area contributed by atoms with Gasteiger partial charge in [-0.1, -0.05) is 13.3 Å². The van der Waals surface area contributed by atoms with Crippen molar-refractivity contribution in [2.75, 3.05) is 18.6 Å². The summed E-state index contributed by atoms with van der Waals surface area (Å²) in [4.78, 5) is 19.3. The molecular weight excluding hydrogens is 248 g/mol. The van der Waals surface area contributed by atoms with Gasteiger partial charge in [0.05, 0.1) is 7.11 Å². The first-order valence-corrected chi connectivity index (χ1v) is 7.31. The fraction of sp³-hybridized carbons (Fsp3) is 0.692. The van der Waals surface area contributed by atoms with Crippen LogP contribution in [0, 0.1) is 6.92 Å². The van der Waals surface area contributed by atoms with Crippen molar-refractivity contribution in [2.45, 2.75) is 45.6 Å². The standard InChI is InChI=1S/C13H20N2O2S/c1-4-5-8-15(10-6-7-10)13-14-11(9(2)18-13)12(16)17-3/h10H,4-8H2,1-3H3. The Morgan fingerprint density at radius 1 is 1.56 bits per heavy atom. The largest absolute Gasteiger partial charge is 0.464 e. The van der Waals surface area contributed by atoms with Crippen LogP contribution in [-0.2, 0) is 4.74 Å². The average Bonchev–Trinajstić information content (AvgIpc) is 3.12. The van der Waals surface area contributed by atoms with E-state index in [0.717, 1.165) is 16.6 Å². The smallest absolute Gasteiger partial charge is 0.357 e. The van der Waals surface area contributed by atoms with E-state index in [4.69, 9.17) is 4.74 Å². The van der Waals surface area contributed by atoms with Gasteiger partial charge in [-0.3, -0.25) is 0 Å². The van der Waals surface area contributed by atoms with E-state index < -0.39 is 0 Å². The second-order valence-electron chi connectivity index (χ2n) is 4.67. The molecule has 1 aromatic heterocycles. The Labute approximate surface area is 112 Å². The summed E-state index contributed by atoms with van der Waals surface area (Å²) in [5.41, 5.74) is 0.472. The van der Waals surface area contributed by atoms with Crippen molar-refractivity contribution in [3.63, 3.8) is 0 Å². The molecular formula is C13H20N2O2S. The Kier molecular flexibility index (Phi) is 4.22. The number of hydrogen-bond acceptors (Lipinski definition) is 5. The molecule has 0 aromatic carbocycles. The summed E-state index contributed by atoms with van der Waals surface area (Å²) in [6.45, 7) is 5.16. The molecule has 1 aliphatic rings. The molecule has 0 unspecified atom stereocenters. The topological polar surface area (TPSA) is 42.4 Å². The molecule has 0 spiro atoms. The molecule has 1 aliphatic carbocycles. The summed E-state index contributed by atoms with van der Waals surface area (Å²) >= 11 is 1.60. The van der Waals surface area contributed by atoms with Crippen molar-refractivity contribution in [3.05, 3.63) is 10.6 Å². The monoisotopic (exact) mass is 268 g/mol. The summed E-state index contributed by atoms with van der Waals surface area (Å²) in [5, 5.41) is 0.976. The number of nitrogens with zero attached hydrogens (tertiary/aromatic N) is 2. The number of aryl methyl sites for hydroxylation is 1. The molecule has 1 fully saturated rings. The van der Waals surface area contributed by atoms with Crippen molar-refractivity contribution >= 4 is 22.4 Å². The molecule has 1 aromatic rings. The van der Waals surface area contributed by atoms with Gasteiger partial charge in [-0.25, -0.2) is 9.78 Å². The van der Waals surface area contributed by atoms with Crippen LogP contribution < -0.4 is 4.90 Å². The van der Waals surface area contributed by atoms with E-state index in [1.54, 1.807) is 11.3 Å². The Bertz CT molecular complexity index is 427. The number of hydrogen-bond donors (Lipinski definition) is 0. The van der Waals surface area contributed by atoms with Crippen LogP contribution in [0.5, 0.6) is 0 Å². The Morgan fingerprint density at radius 2 is 2.28 bits per heavy atom. The Balaban J connectivity index is 2.17. The van der Waals surface area contributed by atoms with Crippen molar-refractivity contribution in [1.29, 1.82) is 0 Å². The van der Waals surface area contributed by atoms with Gasteiger partial charge < -0.3 is 9.64 Å². The number of unbranched alkanes of at least 4 members (excludes halogenated alkanes) is 1. The van der Waals surface area contributed by atoms with Gasteiger partial charge in [0.1, 0.15) is 0 Å². The zero-order valence-electron chi connectivity index (χ0n) is 11.2. The third kappa shape index (κ3) is 2.83. The summed E-state index contributed by atoms with van der Waals surface area (Å²) < 4.78 is 4.75. The third-order valence-electron chi connectivity index (χ3n) is 3.15.